The first-order valence-electron chi connectivity index (χ1n) is 7.25. The van der Waals surface area contributed by atoms with Crippen LogP contribution in [-0.4, -0.2) is 20.0 Å². The highest BCUT2D eigenvalue weighted by Crippen LogP contribution is 2.45. The molecule has 22 heavy (non-hydrogen) atoms. The molecule has 3 nitrogen and oxygen atoms in total. The number of hydrogen-bond acceptors (Lipinski definition) is 3. The Balaban J connectivity index is 2.54. The van der Waals surface area contributed by atoms with Crippen molar-refractivity contribution in [2.75, 3.05) is 14.2 Å². The van der Waals surface area contributed by atoms with E-state index in [-0.39, 0.29) is 5.78 Å². The van der Waals surface area contributed by atoms with Gasteiger partial charge in [-0.05, 0) is 13.8 Å². The molecule has 0 amide bonds. The Morgan fingerprint density at radius 2 is 1.27 bits per heavy atom. The molecule has 2 aromatic rings. The number of hydrogen-bond donors (Lipinski definition) is 0. The molecule has 0 heterocycles. The first kappa shape index (κ1) is 16.4. The third-order valence-electron chi connectivity index (χ3n) is 4.16. The summed E-state index contributed by atoms with van der Waals surface area (Å²) in [6.45, 7) is 3.70. The molecular formula is C19H22O3. The summed E-state index contributed by atoms with van der Waals surface area (Å²) in [6, 6.07) is 18.8. The van der Waals surface area contributed by atoms with E-state index < -0.39 is 11.2 Å². The van der Waals surface area contributed by atoms with Gasteiger partial charge in [-0.1, -0.05) is 60.7 Å². The normalized spacial score (nSPS) is 12.2. The molecule has 0 radical (unpaired) electrons. The summed E-state index contributed by atoms with van der Waals surface area (Å²) < 4.78 is 11.5. The zero-order valence-electron chi connectivity index (χ0n) is 13.5. The van der Waals surface area contributed by atoms with Gasteiger partial charge in [0.15, 0.2) is 5.78 Å². The van der Waals surface area contributed by atoms with E-state index in [1.54, 1.807) is 14.2 Å². The van der Waals surface area contributed by atoms with Crippen LogP contribution in [0.15, 0.2) is 60.7 Å². The van der Waals surface area contributed by atoms with Crippen LogP contribution >= 0.6 is 0 Å². The van der Waals surface area contributed by atoms with Crippen molar-refractivity contribution in [3.05, 3.63) is 71.8 Å². The Labute approximate surface area is 131 Å². The SMILES string of the molecule is COC(OC)(c1ccccc1)C(C)(C)C(=O)c1ccccc1. The average molecular weight is 298 g/mol. The lowest BCUT2D eigenvalue weighted by molar-refractivity contribution is -0.263. The highest BCUT2D eigenvalue weighted by molar-refractivity contribution is 6.00. The molecule has 3 heteroatoms. The van der Waals surface area contributed by atoms with E-state index >= 15 is 0 Å². The van der Waals surface area contributed by atoms with Gasteiger partial charge in [-0.3, -0.25) is 4.79 Å². The fourth-order valence-electron chi connectivity index (χ4n) is 2.95. The Hall–Kier alpha value is -1.97. The van der Waals surface area contributed by atoms with Crippen LogP contribution in [-0.2, 0) is 15.3 Å². The van der Waals surface area contributed by atoms with Gasteiger partial charge in [0.25, 0.3) is 0 Å². The van der Waals surface area contributed by atoms with Gasteiger partial charge in [-0.15, -0.1) is 0 Å². The topological polar surface area (TPSA) is 35.5 Å². The van der Waals surface area contributed by atoms with Gasteiger partial charge < -0.3 is 9.47 Å². The van der Waals surface area contributed by atoms with Crippen LogP contribution in [0, 0.1) is 5.41 Å². The van der Waals surface area contributed by atoms with Crippen molar-refractivity contribution in [1.82, 2.24) is 0 Å². The second-order valence-corrected chi connectivity index (χ2v) is 5.71. The number of carbonyl (C=O) groups excluding carboxylic acids is 1. The second kappa shape index (κ2) is 6.42. The summed E-state index contributed by atoms with van der Waals surface area (Å²) in [7, 11) is 3.13. The molecule has 0 spiro atoms. The number of rotatable bonds is 6. The average Bonchev–Trinajstić information content (AvgIpc) is 2.57. The molecular weight excluding hydrogens is 276 g/mol. The standard InChI is InChI=1S/C19H22O3/c1-18(2,17(20)15-11-7-5-8-12-15)19(21-3,22-4)16-13-9-6-10-14-16/h5-14H,1-4H3. The van der Waals surface area contributed by atoms with Crippen LogP contribution in [0.25, 0.3) is 0 Å². The van der Waals surface area contributed by atoms with Crippen LogP contribution in [0.4, 0.5) is 0 Å². The van der Waals surface area contributed by atoms with Crippen molar-refractivity contribution in [1.29, 1.82) is 0 Å². The number of ether oxygens (including phenoxy) is 2. The third-order valence-corrected chi connectivity index (χ3v) is 4.16. The van der Waals surface area contributed by atoms with E-state index in [2.05, 4.69) is 0 Å². The van der Waals surface area contributed by atoms with Crippen LogP contribution < -0.4 is 0 Å². The summed E-state index contributed by atoms with van der Waals surface area (Å²) in [5.41, 5.74) is 0.551. The molecule has 0 bridgehead atoms. The van der Waals surface area contributed by atoms with E-state index in [4.69, 9.17) is 9.47 Å². The molecule has 0 fully saturated rings. The van der Waals surface area contributed by atoms with Crippen molar-refractivity contribution < 1.29 is 14.3 Å². The Morgan fingerprint density at radius 3 is 1.73 bits per heavy atom. The van der Waals surface area contributed by atoms with Gasteiger partial charge >= 0.3 is 0 Å². The Kier molecular flexibility index (Phi) is 4.79. The van der Waals surface area contributed by atoms with Crippen LogP contribution in [0.2, 0.25) is 0 Å². The summed E-state index contributed by atoms with van der Waals surface area (Å²) in [6.07, 6.45) is 0. The summed E-state index contributed by atoms with van der Waals surface area (Å²) in [5, 5.41) is 0. The van der Waals surface area contributed by atoms with Crippen molar-refractivity contribution in [3.8, 4) is 0 Å². The smallest absolute Gasteiger partial charge is 0.207 e. The lowest BCUT2D eigenvalue weighted by Crippen LogP contribution is -2.50. The van der Waals surface area contributed by atoms with Crippen LogP contribution in [0.5, 0.6) is 0 Å². The molecule has 0 saturated carbocycles. The van der Waals surface area contributed by atoms with Gasteiger partial charge in [0.1, 0.15) is 0 Å². The molecule has 0 aromatic heterocycles. The van der Waals surface area contributed by atoms with E-state index in [1.807, 2.05) is 74.5 Å². The maximum absolute atomic E-state index is 13.0. The minimum Gasteiger partial charge on any atom is -0.348 e. The molecule has 0 saturated heterocycles. The lowest BCUT2D eigenvalue weighted by Gasteiger charge is -2.43. The van der Waals surface area contributed by atoms with Crippen molar-refractivity contribution in [2.24, 2.45) is 5.41 Å². The number of carbonyl (C=O) groups is 1. The highest BCUT2D eigenvalue weighted by atomic mass is 16.7. The fraction of sp³-hybridized carbons (Fsp3) is 0.316. The van der Waals surface area contributed by atoms with E-state index in [9.17, 15) is 4.79 Å². The third kappa shape index (κ3) is 2.58. The molecule has 0 aliphatic heterocycles. The zero-order chi connectivity index (χ0) is 16.2. The largest absolute Gasteiger partial charge is 0.348 e. The highest BCUT2D eigenvalue weighted by Gasteiger charge is 2.52. The molecule has 0 aliphatic rings. The molecule has 116 valence electrons. The van der Waals surface area contributed by atoms with E-state index in [0.29, 0.717) is 5.56 Å². The van der Waals surface area contributed by atoms with Gasteiger partial charge in [0, 0.05) is 25.3 Å². The van der Waals surface area contributed by atoms with Gasteiger partial charge in [-0.2, -0.15) is 0 Å². The maximum Gasteiger partial charge on any atom is 0.207 e. The molecule has 0 aliphatic carbocycles. The summed E-state index contributed by atoms with van der Waals surface area (Å²) in [4.78, 5) is 13.0. The minimum absolute atomic E-state index is 0.0272. The monoisotopic (exact) mass is 298 g/mol. The first-order chi connectivity index (χ1) is 10.5. The number of benzene rings is 2. The predicted molar refractivity (Wildman–Crippen MR) is 86.7 cm³/mol. The van der Waals surface area contributed by atoms with Gasteiger partial charge in [0.2, 0.25) is 5.79 Å². The van der Waals surface area contributed by atoms with E-state index in [1.165, 1.54) is 0 Å². The molecule has 2 rings (SSSR count). The van der Waals surface area contributed by atoms with Gasteiger partial charge in [0.05, 0.1) is 5.41 Å². The summed E-state index contributed by atoms with van der Waals surface area (Å²) in [5.74, 6) is -1.18. The Bertz CT molecular complexity index is 614. The van der Waals surface area contributed by atoms with Crippen LogP contribution in [0.3, 0.4) is 0 Å². The molecule has 0 atom stereocenters. The number of methoxy groups -OCH3 is 2. The fourth-order valence-corrected chi connectivity index (χ4v) is 2.95. The van der Waals surface area contributed by atoms with Crippen LogP contribution in [0.1, 0.15) is 29.8 Å². The minimum atomic E-state index is -1.15. The second-order valence-electron chi connectivity index (χ2n) is 5.71. The van der Waals surface area contributed by atoms with Crippen molar-refractivity contribution in [2.45, 2.75) is 19.6 Å². The molecule has 2 aromatic carbocycles. The van der Waals surface area contributed by atoms with Crippen molar-refractivity contribution >= 4 is 5.78 Å². The van der Waals surface area contributed by atoms with Crippen molar-refractivity contribution in [3.63, 3.8) is 0 Å². The first-order valence-corrected chi connectivity index (χ1v) is 7.25. The molecule has 0 unspecified atom stereocenters. The quantitative estimate of drug-likeness (QED) is 0.596. The number of Topliss-reactive ketones (excluding diaryl/α,β-unsaturated/α-hetero) is 1. The van der Waals surface area contributed by atoms with E-state index in [0.717, 1.165) is 5.56 Å². The lowest BCUT2D eigenvalue weighted by atomic mass is 9.73. The van der Waals surface area contributed by atoms with Gasteiger partial charge in [-0.25, -0.2) is 0 Å². The summed E-state index contributed by atoms with van der Waals surface area (Å²) >= 11 is 0. The number of ketones is 1. The molecule has 0 N–H and O–H groups in total. The Morgan fingerprint density at radius 1 is 0.818 bits per heavy atom. The maximum atomic E-state index is 13.0. The predicted octanol–water partition coefficient (Wildman–Crippen LogP) is 4.04. The zero-order valence-corrected chi connectivity index (χ0v) is 13.5.